The molecular formula is C16H18N2O3. The van der Waals surface area contributed by atoms with E-state index in [2.05, 4.69) is 5.32 Å². The van der Waals surface area contributed by atoms with Crippen molar-refractivity contribution in [3.05, 3.63) is 62.7 Å². The van der Waals surface area contributed by atoms with Gasteiger partial charge in [0.1, 0.15) is 5.75 Å². The zero-order chi connectivity index (χ0) is 15.6. The Morgan fingerprint density at radius 1 is 1.14 bits per heavy atom. The Bertz CT molecular complexity index is 696. The van der Waals surface area contributed by atoms with Crippen molar-refractivity contribution >= 4 is 11.4 Å². The summed E-state index contributed by atoms with van der Waals surface area (Å²) in [5, 5.41) is 23.9. The number of anilines is 1. The molecular weight excluding hydrogens is 268 g/mol. The van der Waals surface area contributed by atoms with Crippen LogP contribution in [0.4, 0.5) is 11.4 Å². The van der Waals surface area contributed by atoms with E-state index in [9.17, 15) is 15.2 Å². The van der Waals surface area contributed by atoms with Crippen LogP contribution in [0, 0.1) is 30.9 Å². The lowest BCUT2D eigenvalue weighted by Gasteiger charge is -2.12. The van der Waals surface area contributed by atoms with Crippen LogP contribution in [0.25, 0.3) is 0 Å². The maximum absolute atomic E-state index is 10.9. The Kier molecular flexibility index (Phi) is 4.12. The summed E-state index contributed by atoms with van der Waals surface area (Å²) in [6.45, 7) is 5.97. The standard InChI is InChI=1S/C16H18N2O3/c1-10-4-5-16(19)13(6-10)9-17-14-7-12(3)15(18(20)21)8-11(14)2/h4-8,17,19H,9H2,1-3H3. The van der Waals surface area contributed by atoms with Crippen molar-refractivity contribution in [2.45, 2.75) is 27.3 Å². The van der Waals surface area contributed by atoms with Gasteiger partial charge >= 0.3 is 0 Å². The smallest absolute Gasteiger partial charge is 0.272 e. The largest absolute Gasteiger partial charge is 0.508 e. The summed E-state index contributed by atoms with van der Waals surface area (Å²) >= 11 is 0. The first-order valence-electron chi connectivity index (χ1n) is 6.66. The molecule has 0 atom stereocenters. The first-order valence-corrected chi connectivity index (χ1v) is 6.66. The fourth-order valence-corrected chi connectivity index (χ4v) is 2.23. The van der Waals surface area contributed by atoms with Gasteiger partial charge in [-0.1, -0.05) is 17.7 Å². The number of hydrogen-bond acceptors (Lipinski definition) is 4. The molecule has 0 radical (unpaired) electrons. The van der Waals surface area contributed by atoms with Crippen molar-refractivity contribution in [3.8, 4) is 5.75 Å². The summed E-state index contributed by atoms with van der Waals surface area (Å²) in [5.74, 6) is 0.240. The van der Waals surface area contributed by atoms with Crippen LogP contribution in [0.5, 0.6) is 5.75 Å². The van der Waals surface area contributed by atoms with Crippen molar-refractivity contribution in [3.63, 3.8) is 0 Å². The molecule has 2 aromatic rings. The number of aryl methyl sites for hydroxylation is 3. The second kappa shape index (κ2) is 5.83. The lowest BCUT2D eigenvalue weighted by Crippen LogP contribution is -2.03. The van der Waals surface area contributed by atoms with E-state index in [-0.39, 0.29) is 16.4 Å². The number of nitro benzene ring substituents is 1. The molecule has 0 amide bonds. The zero-order valence-corrected chi connectivity index (χ0v) is 12.3. The summed E-state index contributed by atoms with van der Waals surface area (Å²) in [5.41, 5.74) is 4.24. The van der Waals surface area contributed by atoms with Crippen molar-refractivity contribution in [1.29, 1.82) is 0 Å². The third-order valence-corrected chi connectivity index (χ3v) is 3.44. The van der Waals surface area contributed by atoms with Gasteiger partial charge in [-0.05, 0) is 38.5 Å². The number of aromatic hydroxyl groups is 1. The molecule has 0 aliphatic rings. The number of hydrogen-bond donors (Lipinski definition) is 2. The molecule has 2 rings (SSSR count). The number of phenols is 1. The Morgan fingerprint density at radius 3 is 2.52 bits per heavy atom. The van der Waals surface area contributed by atoms with Crippen LogP contribution in [0.3, 0.4) is 0 Å². The number of rotatable bonds is 4. The summed E-state index contributed by atoms with van der Waals surface area (Å²) in [7, 11) is 0. The van der Waals surface area contributed by atoms with Crippen LogP contribution < -0.4 is 5.32 Å². The van der Waals surface area contributed by atoms with Crippen molar-refractivity contribution in [2.75, 3.05) is 5.32 Å². The molecule has 0 unspecified atom stereocenters. The van der Waals surface area contributed by atoms with Crippen molar-refractivity contribution < 1.29 is 10.0 Å². The van der Waals surface area contributed by atoms with E-state index in [0.717, 1.165) is 22.4 Å². The maximum atomic E-state index is 10.9. The number of nitrogens with zero attached hydrogens (tertiary/aromatic N) is 1. The van der Waals surface area contributed by atoms with E-state index < -0.39 is 0 Å². The number of nitrogens with one attached hydrogen (secondary N) is 1. The Balaban J connectivity index is 2.22. The van der Waals surface area contributed by atoms with Gasteiger partial charge in [0.15, 0.2) is 0 Å². The van der Waals surface area contributed by atoms with Crippen LogP contribution in [-0.4, -0.2) is 10.0 Å². The molecule has 0 heterocycles. The van der Waals surface area contributed by atoms with Gasteiger partial charge < -0.3 is 10.4 Å². The molecule has 0 fully saturated rings. The molecule has 0 aromatic heterocycles. The monoisotopic (exact) mass is 286 g/mol. The van der Waals surface area contributed by atoms with Gasteiger partial charge in [-0.2, -0.15) is 0 Å². The second-order valence-electron chi connectivity index (χ2n) is 5.20. The normalized spacial score (nSPS) is 10.4. The number of nitro groups is 1. The van der Waals surface area contributed by atoms with Crippen LogP contribution >= 0.6 is 0 Å². The number of benzene rings is 2. The molecule has 5 heteroatoms. The maximum Gasteiger partial charge on any atom is 0.272 e. The lowest BCUT2D eigenvalue weighted by atomic mass is 10.1. The SMILES string of the molecule is Cc1ccc(O)c(CNc2cc(C)c([N+](=O)[O-])cc2C)c1. The van der Waals surface area contributed by atoms with E-state index in [4.69, 9.17) is 0 Å². The van der Waals surface area contributed by atoms with Gasteiger partial charge in [-0.15, -0.1) is 0 Å². The minimum Gasteiger partial charge on any atom is -0.508 e. The molecule has 0 aliphatic carbocycles. The van der Waals surface area contributed by atoms with E-state index in [0.29, 0.717) is 12.1 Å². The molecule has 0 bridgehead atoms. The predicted molar refractivity (Wildman–Crippen MR) is 82.7 cm³/mol. The fourth-order valence-electron chi connectivity index (χ4n) is 2.23. The summed E-state index contributed by atoms with van der Waals surface area (Å²) in [4.78, 5) is 10.5. The number of phenolic OH excluding ortho intramolecular Hbond substituents is 1. The van der Waals surface area contributed by atoms with Crippen molar-refractivity contribution in [1.82, 2.24) is 0 Å². The highest BCUT2D eigenvalue weighted by Gasteiger charge is 2.13. The minimum absolute atomic E-state index is 0.122. The van der Waals surface area contributed by atoms with Gasteiger partial charge in [0.05, 0.1) is 4.92 Å². The first-order chi connectivity index (χ1) is 9.88. The molecule has 2 aromatic carbocycles. The van der Waals surface area contributed by atoms with Gasteiger partial charge in [-0.25, -0.2) is 0 Å². The fraction of sp³-hybridized carbons (Fsp3) is 0.250. The van der Waals surface area contributed by atoms with E-state index in [1.54, 1.807) is 25.1 Å². The van der Waals surface area contributed by atoms with Gasteiger partial charge in [-0.3, -0.25) is 10.1 Å². The Morgan fingerprint density at radius 2 is 1.86 bits per heavy atom. The molecule has 0 spiro atoms. The molecule has 0 saturated heterocycles. The van der Waals surface area contributed by atoms with Crippen LogP contribution in [-0.2, 0) is 6.54 Å². The second-order valence-corrected chi connectivity index (χ2v) is 5.20. The van der Waals surface area contributed by atoms with E-state index >= 15 is 0 Å². The summed E-state index contributed by atoms with van der Waals surface area (Å²) in [6.07, 6.45) is 0. The zero-order valence-electron chi connectivity index (χ0n) is 12.3. The Labute approximate surface area is 123 Å². The molecule has 0 aliphatic heterocycles. The average molecular weight is 286 g/mol. The molecule has 0 saturated carbocycles. The average Bonchev–Trinajstić information content (AvgIpc) is 2.42. The minimum atomic E-state index is -0.376. The third kappa shape index (κ3) is 3.31. The molecule has 110 valence electrons. The highest BCUT2D eigenvalue weighted by atomic mass is 16.6. The highest BCUT2D eigenvalue weighted by molar-refractivity contribution is 5.59. The quantitative estimate of drug-likeness (QED) is 0.661. The summed E-state index contributed by atoms with van der Waals surface area (Å²) in [6, 6.07) is 8.75. The predicted octanol–water partition coefficient (Wildman–Crippen LogP) is 3.84. The Hall–Kier alpha value is -2.56. The van der Waals surface area contributed by atoms with E-state index in [1.807, 2.05) is 26.0 Å². The topological polar surface area (TPSA) is 75.4 Å². The first kappa shape index (κ1) is 14.8. The van der Waals surface area contributed by atoms with Crippen molar-refractivity contribution in [2.24, 2.45) is 0 Å². The van der Waals surface area contributed by atoms with Crippen LogP contribution in [0.1, 0.15) is 22.3 Å². The third-order valence-electron chi connectivity index (χ3n) is 3.44. The van der Waals surface area contributed by atoms with Gasteiger partial charge in [0, 0.05) is 29.4 Å². The highest BCUT2D eigenvalue weighted by Crippen LogP contribution is 2.27. The van der Waals surface area contributed by atoms with E-state index in [1.165, 1.54) is 0 Å². The van der Waals surface area contributed by atoms with Gasteiger partial charge in [0.2, 0.25) is 0 Å². The molecule has 2 N–H and O–H groups in total. The molecule has 5 nitrogen and oxygen atoms in total. The summed E-state index contributed by atoms with van der Waals surface area (Å²) < 4.78 is 0. The lowest BCUT2D eigenvalue weighted by molar-refractivity contribution is -0.385. The van der Waals surface area contributed by atoms with Crippen LogP contribution in [0.15, 0.2) is 30.3 Å². The van der Waals surface area contributed by atoms with Crippen LogP contribution in [0.2, 0.25) is 0 Å². The van der Waals surface area contributed by atoms with Gasteiger partial charge in [0.25, 0.3) is 5.69 Å². The molecule has 21 heavy (non-hydrogen) atoms.